The van der Waals surface area contributed by atoms with Gasteiger partial charge in [0.25, 0.3) is 5.91 Å². The zero-order valence-corrected chi connectivity index (χ0v) is 13.1. The molecule has 4 nitrogen and oxygen atoms in total. The average Bonchev–Trinajstić information content (AvgIpc) is 3.02. The number of aromatic nitrogens is 1. The number of nitrogens with one attached hydrogen (secondary N) is 1. The van der Waals surface area contributed by atoms with Gasteiger partial charge in [-0.1, -0.05) is 0 Å². The van der Waals surface area contributed by atoms with E-state index in [-0.39, 0.29) is 5.91 Å². The average molecular weight is 346 g/mol. The second-order valence-corrected chi connectivity index (χ2v) is 5.79. The van der Waals surface area contributed by atoms with Crippen LogP contribution in [0.1, 0.15) is 23.2 Å². The van der Waals surface area contributed by atoms with Gasteiger partial charge >= 0.3 is 0 Å². The zero-order chi connectivity index (χ0) is 14.7. The molecule has 0 bridgehead atoms. The van der Waals surface area contributed by atoms with E-state index in [1.807, 2.05) is 12.1 Å². The number of benzene rings is 1. The highest BCUT2D eigenvalue weighted by atomic mass is 79.9. The summed E-state index contributed by atoms with van der Waals surface area (Å²) in [4.78, 5) is 18.6. The van der Waals surface area contributed by atoms with Crippen LogP contribution < -0.4 is 10.2 Å². The molecular weight excluding hydrogens is 330 g/mol. The summed E-state index contributed by atoms with van der Waals surface area (Å²) in [5, 5.41) is 2.89. The number of halogens is 1. The first-order valence-corrected chi connectivity index (χ1v) is 7.80. The Morgan fingerprint density at radius 1 is 1.14 bits per heavy atom. The number of hydrogen-bond donors (Lipinski definition) is 1. The second-order valence-electron chi connectivity index (χ2n) is 5.04. The summed E-state index contributed by atoms with van der Waals surface area (Å²) in [6, 6.07) is 11.5. The van der Waals surface area contributed by atoms with Gasteiger partial charge in [-0.05, 0) is 65.2 Å². The van der Waals surface area contributed by atoms with E-state index in [2.05, 4.69) is 43.3 Å². The number of carbonyl (C=O) groups is 1. The van der Waals surface area contributed by atoms with Crippen molar-refractivity contribution < 1.29 is 4.79 Å². The Hall–Kier alpha value is -1.88. The molecule has 2 heterocycles. The van der Waals surface area contributed by atoms with Gasteiger partial charge in [-0.25, -0.2) is 4.98 Å². The molecule has 1 aliphatic heterocycles. The summed E-state index contributed by atoms with van der Waals surface area (Å²) >= 11 is 3.29. The lowest BCUT2D eigenvalue weighted by atomic mass is 10.2. The molecule has 0 aliphatic carbocycles. The van der Waals surface area contributed by atoms with Crippen LogP contribution in [0.5, 0.6) is 0 Å². The van der Waals surface area contributed by atoms with Gasteiger partial charge in [-0.3, -0.25) is 4.79 Å². The normalized spacial score (nSPS) is 14.2. The van der Waals surface area contributed by atoms with Crippen LogP contribution in [0.25, 0.3) is 0 Å². The van der Waals surface area contributed by atoms with Crippen molar-refractivity contribution in [2.75, 3.05) is 23.3 Å². The Morgan fingerprint density at radius 3 is 2.52 bits per heavy atom. The van der Waals surface area contributed by atoms with Crippen molar-refractivity contribution in [1.82, 2.24) is 4.98 Å². The van der Waals surface area contributed by atoms with Crippen LogP contribution in [0.3, 0.4) is 0 Å². The maximum Gasteiger partial charge on any atom is 0.258 e. The molecule has 1 fully saturated rings. The van der Waals surface area contributed by atoms with E-state index < -0.39 is 0 Å². The maximum absolute atomic E-state index is 12.2. The van der Waals surface area contributed by atoms with Crippen LogP contribution in [-0.4, -0.2) is 24.0 Å². The number of anilines is 2. The first-order chi connectivity index (χ1) is 10.2. The van der Waals surface area contributed by atoms with Crippen molar-refractivity contribution in [3.05, 3.63) is 52.8 Å². The van der Waals surface area contributed by atoms with E-state index in [0.29, 0.717) is 10.2 Å². The van der Waals surface area contributed by atoms with Crippen LogP contribution in [0.2, 0.25) is 0 Å². The Balaban J connectivity index is 1.70. The lowest BCUT2D eigenvalue weighted by molar-refractivity contribution is 0.102. The molecule has 1 amide bonds. The molecular formula is C16H16BrN3O. The predicted molar refractivity (Wildman–Crippen MR) is 87.8 cm³/mol. The topological polar surface area (TPSA) is 45.2 Å². The molecule has 0 saturated carbocycles. The van der Waals surface area contributed by atoms with Crippen molar-refractivity contribution in [3.8, 4) is 0 Å². The van der Waals surface area contributed by atoms with Gasteiger partial charge in [0, 0.05) is 30.7 Å². The van der Waals surface area contributed by atoms with E-state index in [9.17, 15) is 4.79 Å². The number of pyridine rings is 1. The van der Waals surface area contributed by atoms with Crippen molar-refractivity contribution in [1.29, 1.82) is 0 Å². The minimum absolute atomic E-state index is 0.163. The SMILES string of the molecule is O=C(Nc1ccc(N2CCCC2)cc1)c1cccnc1Br. The van der Waals surface area contributed by atoms with Crippen LogP contribution >= 0.6 is 15.9 Å². The van der Waals surface area contributed by atoms with E-state index >= 15 is 0 Å². The number of hydrogen-bond acceptors (Lipinski definition) is 3. The van der Waals surface area contributed by atoms with Crippen molar-refractivity contribution in [3.63, 3.8) is 0 Å². The summed E-state index contributed by atoms with van der Waals surface area (Å²) in [6.45, 7) is 2.24. The van der Waals surface area contributed by atoms with Gasteiger partial charge < -0.3 is 10.2 Å². The molecule has 1 N–H and O–H groups in total. The summed E-state index contributed by atoms with van der Waals surface area (Å²) < 4.78 is 0.552. The number of carbonyl (C=O) groups excluding carboxylic acids is 1. The lowest BCUT2D eigenvalue weighted by Crippen LogP contribution is -2.17. The van der Waals surface area contributed by atoms with Gasteiger partial charge in [0.1, 0.15) is 4.60 Å². The molecule has 21 heavy (non-hydrogen) atoms. The number of rotatable bonds is 3. The van der Waals surface area contributed by atoms with E-state index in [0.717, 1.165) is 18.8 Å². The van der Waals surface area contributed by atoms with Gasteiger partial charge in [-0.2, -0.15) is 0 Å². The van der Waals surface area contributed by atoms with Crippen molar-refractivity contribution in [2.45, 2.75) is 12.8 Å². The molecule has 1 saturated heterocycles. The van der Waals surface area contributed by atoms with Gasteiger partial charge in [0.2, 0.25) is 0 Å². The van der Waals surface area contributed by atoms with Gasteiger partial charge in [-0.15, -0.1) is 0 Å². The van der Waals surface area contributed by atoms with Crippen molar-refractivity contribution >= 4 is 33.2 Å². The first-order valence-electron chi connectivity index (χ1n) is 7.01. The predicted octanol–water partition coefficient (Wildman–Crippen LogP) is 3.70. The molecule has 108 valence electrons. The third-order valence-corrected chi connectivity index (χ3v) is 4.23. The summed E-state index contributed by atoms with van der Waals surface area (Å²) in [5.41, 5.74) is 2.54. The molecule has 3 rings (SSSR count). The van der Waals surface area contributed by atoms with Crippen molar-refractivity contribution in [2.24, 2.45) is 0 Å². The standard InChI is InChI=1S/C16H16BrN3O/c17-15-14(4-3-9-18-15)16(21)19-12-5-7-13(8-6-12)20-10-1-2-11-20/h3-9H,1-2,10-11H2,(H,19,21). The third kappa shape index (κ3) is 3.24. The van der Waals surface area contributed by atoms with E-state index in [4.69, 9.17) is 0 Å². The molecule has 0 atom stereocenters. The fraction of sp³-hybridized carbons (Fsp3) is 0.250. The fourth-order valence-electron chi connectivity index (χ4n) is 2.48. The summed E-state index contributed by atoms with van der Waals surface area (Å²) in [5.74, 6) is -0.163. The second kappa shape index (κ2) is 6.26. The Labute approximate surface area is 132 Å². The van der Waals surface area contributed by atoms with Crippen LogP contribution in [0.15, 0.2) is 47.2 Å². The maximum atomic E-state index is 12.2. The molecule has 1 aromatic heterocycles. The van der Waals surface area contributed by atoms with Gasteiger partial charge in [0.05, 0.1) is 5.56 Å². The highest BCUT2D eigenvalue weighted by molar-refractivity contribution is 9.10. The third-order valence-electron chi connectivity index (χ3n) is 3.60. The van der Waals surface area contributed by atoms with Gasteiger partial charge in [0.15, 0.2) is 0 Å². The molecule has 1 aromatic carbocycles. The smallest absolute Gasteiger partial charge is 0.258 e. The number of amides is 1. The number of nitrogens with zero attached hydrogens (tertiary/aromatic N) is 2. The molecule has 1 aliphatic rings. The Morgan fingerprint density at radius 2 is 1.86 bits per heavy atom. The molecule has 0 spiro atoms. The van der Waals surface area contributed by atoms with E-state index in [1.54, 1.807) is 18.3 Å². The van der Waals surface area contributed by atoms with Crippen LogP contribution in [0, 0.1) is 0 Å². The fourth-order valence-corrected chi connectivity index (χ4v) is 2.92. The van der Waals surface area contributed by atoms with E-state index in [1.165, 1.54) is 18.5 Å². The van der Waals surface area contributed by atoms with Crippen LogP contribution in [-0.2, 0) is 0 Å². The quantitative estimate of drug-likeness (QED) is 0.862. The van der Waals surface area contributed by atoms with Crippen LogP contribution in [0.4, 0.5) is 11.4 Å². The largest absolute Gasteiger partial charge is 0.372 e. The minimum atomic E-state index is -0.163. The lowest BCUT2D eigenvalue weighted by Gasteiger charge is -2.17. The first kappa shape index (κ1) is 14.1. The minimum Gasteiger partial charge on any atom is -0.372 e. The summed E-state index contributed by atoms with van der Waals surface area (Å²) in [6.07, 6.45) is 4.16. The highest BCUT2D eigenvalue weighted by Crippen LogP contribution is 2.22. The highest BCUT2D eigenvalue weighted by Gasteiger charge is 2.13. The Bertz CT molecular complexity index is 636. The zero-order valence-electron chi connectivity index (χ0n) is 11.6. The Kier molecular flexibility index (Phi) is 4.20. The molecule has 0 unspecified atom stereocenters. The molecule has 5 heteroatoms. The molecule has 2 aromatic rings. The molecule has 0 radical (unpaired) electrons. The summed E-state index contributed by atoms with van der Waals surface area (Å²) in [7, 11) is 0. The monoisotopic (exact) mass is 345 g/mol.